The zero-order chi connectivity index (χ0) is 14.4. The van der Waals surface area contributed by atoms with E-state index in [2.05, 4.69) is 15.8 Å². The fourth-order valence-electron chi connectivity index (χ4n) is 1.59. The van der Waals surface area contributed by atoms with E-state index < -0.39 is 0 Å². The molecule has 1 unspecified atom stereocenters. The van der Waals surface area contributed by atoms with Gasteiger partial charge in [-0.15, -0.1) is 0 Å². The lowest BCUT2D eigenvalue weighted by molar-refractivity contribution is -0.121. The molecule has 0 spiro atoms. The van der Waals surface area contributed by atoms with E-state index in [1.807, 2.05) is 31.2 Å². The van der Waals surface area contributed by atoms with Crippen molar-refractivity contribution in [3.8, 4) is 0 Å². The fourth-order valence-corrected chi connectivity index (χ4v) is 1.59. The van der Waals surface area contributed by atoms with Gasteiger partial charge in [-0.1, -0.05) is 17.7 Å². The highest BCUT2D eigenvalue weighted by atomic mass is 16.3. The van der Waals surface area contributed by atoms with Crippen LogP contribution in [0.1, 0.15) is 18.2 Å². The van der Waals surface area contributed by atoms with Crippen molar-refractivity contribution in [1.29, 1.82) is 0 Å². The normalized spacial score (nSPS) is 12.3. The summed E-state index contributed by atoms with van der Waals surface area (Å²) >= 11 is 0. The molecule has 0 bridgehead atoms. The molecule has 1 atom stereocenters. The molecule has 1 amide bonds. The Morgan fingerprint density at radius 3 is 2.70 bits per heavy atom. The number of anilines is 1. The standard InChI is InChI=1S/C15H17N3O2/c1-11-5-7-13(8-6-11)17-12(2)15(19)18-16-10-14-4-3-9-20-14/h3-10,12,17H,1-2H3,(H,18,19)/b16-10+. The van der Waals surface area contributed by atoms with Crippen LogP contribution in [-0.2, 0) is 4.79 Å². The number of furan rings is 1. The molecule has 0 aliphatic carbocycles. The summed E-state index contributed by atoms with van der Waals surface area (Å²) in [5.41, 5.74) is 4.53. The second-order valence-electron chi connectivity index (χ2n) is 4.48. The van der Waals surface area contributed by atoms with Gasteiger partial charge < -0.3 is 9.73 Å². The molecule has 0 radical (unpaired) electrons. The number of carbonyl (C=O) groups excluding carboxylic acids is 1. The molecule has 20 heavy (non-hydrogen) atoms. The lowest BCUT2D eigenvalue weighted by atomic mass is 10.2. The summed E-state index contributed by atoms with van der Waals surface area (Å²) in [7, 11) is 0. The first-order valence-corrected chi connectivity index (χ1v) is 6.35. The first kappa shape index (κ1) is 13.9. The Hall–Kier alpha value is -2.56. The number of benzene rings is 1. The van der Waals surface area contributed by atoms with Crippen LogP contribution in [0.5, 0.6) is 0 Å². The maximum Gasteiger partial charge on any atom is 0.262 e. The van der Waals surface area contributed by atoms with Gasteiger partial charge in [-0.3, -0.25) is 4.79 Å². The molecule has 1 heterocycles. The smallest absolute Gasteiger partial charge is 0.262 e. The molecule has 104 valence electrons. The highest BCUT2D eigenvalue weighted by molar-refractivity contribution is 5.85. The maximum atomic E-state index is 11.8. The summed E-state index contributed by atoms with van der Waals surface area (Å²) in [6, 6.07) is 11.0. The lowest BCUT2D eigenvalue weighted by Gasteiger charge is -2.13. The molecule has 0 aliphatic heterocycles. The number of carbonyl (C=O) groups is 1. The molecule has 0 aliphatic rings. The SMILES string of the molecule is Cc1ccc(NC(C)C(=O)N/N=C/c2ccco2)cc1. The summed E-state index contributed by atoms with van der Waals surface area (Å²) in [4.78, 5) is 11.8. The monoisotopic (exact) mass is 271 g/mol. The summed E-state index contributed by atoms with van der Waals surface area (Å²) in [6.45, 7) is 3.79. The minimum atomic E-state index is -0.383. The Balaban J connectivity index is 1.84. The van der Waals surface area contributed by atoms with Crippen LogP contribution in [0.4, 0.5) is 5.69 Å². The van der Waals surface area contributed by atoms with Crippen LogP contribution < -0.4 is 10.7 Å². The van der Waals surface area contributed by atoms with E-state index in [1.165, 1.54) is 11.8 Å². The average molecular weight is 271 g/mol. The van der Waals surface area contributed by atoms with Crippen LogP contribution in [0.15, 0.2) is 52.2 Å². The van der Waals surface area contributed by atoms with Crippen LogP contribution >= 0.6 is 0 Å². The zero-order valence-corrected chi connectivity index (χ0v) is 11.5. The zero-order valence-electron chi connectivity index (χ0n) is 11.5. The van der Waals surface area contributed by atoms with Gasteiger partial charge in [0.05, 0.1) is 12.5 Å². The third kappa shape index (κ3) is 3.98. The molecule has 5 heteroatoms. The van der Waals surface area contributed by atoms with Crippen LogP contribution in [0, 0.1) is 6.92 Å². The molecule has 2 aromatic rings. The first-order valence-electron chi connectivity index (χ1n) is 6.35. The van der Waals surface area contributed by atoms with Gasteiger partial charge in [-0.25, -0.2) is 5.43 Å². The Morgan fingerprint density at radius 1 is 1.30 bits per heavy atom. The number of hydrazone groups is 1. The van der Waals surface area contributed by atoms with E-state index in [0.29, 0.717) is 5.76 Å². The number of nitrogens with one attached hydrogen (secondary N) is 2. The molecule has 0 saturated carbocycles. The molecule has 0 saturated heterocycles. The summed E-state index contributed by atoms with van der Waals surface area (Å²) in [5, 5.41) is 6.94. The summed E-state index contributed by atoms with van der Waals surface area (Å²) in [6.07, 6.45) is 3.00. The van der Waals surface area contributed by atoms with Gasteiger partial charge in [0.2, 0.25) is 0 Å². The van der Waals surface area contributed by atoms with Crippen molar-refractivity contribution in [2.45, 2.75) is 19.9 Å². The molecular weight excluding hydrogens is 254 g/mol. The molecule has 1 aromatic heterocycles. The van der Waals surface area contributed by atoms with Crippen LogP contribution in [0.2, 0.25) is 0 Å². The Kier molecular flexibility index (Phi) is 4.55. The maximum absolute atomic E-state index is 11.8. The van der Waals surface area contributed by atoms with E-state index in [1.54, 1.807) is 25.3 Å². The van der Waals surface area contributed by atoms with Crippen LogP contribution in [0.25, 0.3) is 0 Å². The molecule has 1 aromatic carbocycles. The van der Waals surface area contributed by atoms with Gasteiger partial charge in [0.25, 0.3) is 5.91 Å². The Bertz CT molecular complexity index is 574. The minimum Gasteiger partial charge on any atom is -0.463 e. The Morgan fingerprint density at radius 2 is 2.05 bits per heavy atom. The Labute approximate surface area is 117 Å². The van der Waals surface area contributed by atoms with Gasteiger partial charge in [0.1, 0.15) is 11.8 Å². The van der Waals surface area contributed by atoms with E-state index in [0.717, 1.165) is 5.69 Å². The van der Waals surface area contributed by atoms with Gasteiger partial charge in [-0.05, 0) is 38.1 Å². The second kappa shape index (κ2) is 6.56. The van der Waals surface area contributed by atoms with E-state index in [9.17, 15) is 4.79 Å². The van der Waals surface area contributed by atoms with Gasteiger partial charge in [0, 0.05) is 5.69 Å². The van der Waals surface area contributed by atoms with Crippen molar-refractivity contribution < 1.29 is 9.21 Å². The van der Waals surface area contributed by atoms with E-state index in [4.69, 9.17) is 4.42 Å². The molecule has 2 rings (SSSR count). The summed E-state index contributed by atoms with van der Waals surface area (Å²) in [5.74, 6) is 0.373. The topological polar surface area (TPSA) is 66.6 Å². The second-order valence-corrected chi connectivity index (χ2v) is 4.48. The number of hydrogen-bond acceptors (Lipinski definition) is 4. The third-order valence-corrected chi connectivity index (χ3v) is 2.74. The van der Waals surface area contributed by atoms with Gasteiger partial charge >= 0.3 is 0 Å². The lowest BCUT2D eigenvalue weighted by Crippen LogP contribution is -2.34. The number of hydrogen-bond donors (Lipinski definition) is 2. The highest BCUT2D eigenvalue weighted by Gasteiger charge is 2.11. The van der Waals surface area contributed by atoms with E-state index >= 15 is 0 Å². The number of amides is 1. The van der Waals surface area contributed by atoms with Crippen LogP contribution in [0.3, 0.4) is 0 Å². The molecule has 2 N–H and O–H groups in total. The fraction of sp³-hybridized carbons (Fsp3) is 0.200. The predicted octanol–water partition coefficient (Wildman–Crippen LogP) is 2.54. The molecule has 0 fully saturated rings. The van der Waals surface area contributed by atoms with Gasteiger partial charge in [-0.2, -0.15) is 5.10 Å². The first-order chi connectivity index (χ1) is 9.65. The van der Waals surface area contributed by atoms with Crippen LogP contribution in [-0.4, -0.2) is 18.2 Å². The molecular formula is C15H17N3O2. The number of aryl methyl sites for hydroxylation is 1. The third-order valence-electron chi connectivity index (χ3n) is 2.74. The van der Waals surface area contributed by atoms with Crippen molar-refractivity contribution in [3.05, 3.63) is 54.0 Å². The largest absolute Gasteiger partial charge is 0.463 e. The van der Waals surface area contributed by atoms with Crippen molar-refractivity contribution >= 4 is 17.8 Å². The average Bonchev–Trinajstić information content (AvgIpc) is 2.94. The van der Waals surface area contributed by atoms with Gasteiger partial charge in [0.15, 0.2) is 0 Å². The number of rotatable bonds is 5. The minimum absolute atomic E-state index is 0.214. The summed E-state index contributed by atoms with van der Waals surface area (Å²) < 4.78 is 5.07. The van der Waals surface area contributed by atoms with Crippen molar-refractivity contribution in [2.75, 3.05) is 5.32 Å². The van der Waals surface area contributed by atoms with Crippen molar-refractivity contribution in [2.24, 2.45) is 5.10 Å². The quantitative estimate of drug-likeness (QED) is 0.648. The van der Waals surface area contributed by atoms with Crippen molar-refractivity contribution in [3.63, 3.8) is 0 Å². The van der Waals surface area contributed by atoms with Crippen molar-refractivity contribution in [1.82, 2.24) is 5.43 Å². The van der Waals surface area contributed by atoms with E-state index in [-0.39, 0.29) is 11.9 Å². The number of nitrogens with zero attached hydrogens (tertiary/aromatic N) is 1. The molecule has 5 nitrogen and oxygen atoms in total. The highest BCUT2D eigenvalue weighted by Crippen LogP contribution is 2.09. The predicted molar refractivity (Wildman–Crippen MR) is 78.7 cm³/mol.